The van der Waals surface area contributed by atoms with Crippen molar-refractivity contribution in [3.05, 3.63) is 48.5 Å². The van der Waals surface area contributed by atoms with Gasteiger partial charge in [0.25, 0.3) is 0 Å². The van der Waals surface area contributed by atoms with Gasteiger partial charge in [0.05, 0.1) is 13.0 Å². The number of hydrogen-bond donors (Lipinski definition) is 1. The average molecular weight is 352 g/mol. The van der Waals surface area contributed by atoms with E-state index in [1.165, 1.54) is 0 Å². The van der Waals surface area contributed by atoms with E-state index in [-0.39, 0.29) is 11.8 Å². The number of hydrogen-bond acceptors (Lipinski definition) is 3. The summed E-state index contributed by atoms with van der Waals surface area (Å²) in [6.45, 7) is 5.26. The predicted molar refractivity (Wildman–Crippen MR) is 107 cm³/mol. The Morgan fingerprint density at radius 1 is 1.19 bits per heavy atom. The van der Waals surface area contributed by atoms with Crippen LogP contribution in [0.5, 0.6) is 5.75 Å². The topological polar surface area (TPSA) is 41.6 Å². The Balaban J connectivity index is 1.62. The number of anilines is 1. The highest BCUT2D eigenvalue weighted by Gasteiger charge is 2.25. The molecule has 1 N–H and O–H groups in total. The maximum Gasteiger partial charge on any atom is 0.228 e. The van der Waals surface area contributed by atoms with Crippen LogP contribution in [-0.2, 0) is 4.79 Å². The molecule has 1 amide bonds. The Morgan fingerprint density at radius 3 is 2.73 bits per heavy atom. The summed E-state index contributed by atoms with van der Waals surface area (Å²) in [7, 11) is 1.67. The van der Waals surface area contributed by atoms with E-state index in [9.17, 15) is 4.79 Å². The molecule has 26 heavy (non-hydrogen) atoms. The van der Waals surface area contributed by atoms with Gasteiger partial charge >= 0.3 is 0 Å². The minimum Gasteiger partial charge on any atom is -0.497 e. The van der Waals surface area contributed by atoms with Crippen molar-refractivity contribution in [2.45, 2.75) is 26.2 Å². The molecule has 1 aliphatic rings. The molecule has 4 nitrogen and oxygen atoms in total. The highest BCUT2D eigenvalue weighted by molar-refractivity contribution is 5.93. The SMILES string of the molecule is CCCN1CCCC(C(=O)Nc2ccc(-c3cccc(OC)c3)cc2)C1. The standard InChI is InChI=1S/C22H28N2O2/c1-3-13-24-14-5-7-19(16-24)22(25)23-20-11-9-17(10-12-20)18-6-4-8-21(15-18)26-2/h4,6,8-12,15,19H,3,5,7,13-14,16H2,1-2H3,(H,23,25). The fraction of sp³-hybridized carbons (Fsp3) is 0.409. The van der Waals surface area contributed by atoms with Crippen LogP contribution in [0.1, 0.15) is 26.2 Å². The molecule has 1 saturated heterocycles. The van der Waals surface area contributed by atoms with E-state index < -0.39 is 0 Å². The summed E-state index contributed by atoms with van der Waals surface area (Å²) in [4.78, 5) is 15.0. The number of nitrogens with one attached hydrogen (secondary N) is 1. The lowest BCUT2D eigenvalue weighted by atomic mass is 9.97. The van der Waals surface area contributed by atoms with Gasteiger partial charge in [-0.1, -0.05) is 31.2 Å². The second kappa shape index (κ2) is 8.86. The molecule has 0 saturated carbocycles. The van der Waals surface area contributed by atoms with E-state index in [2.05, 4.69) is 23.2 Å². The number of carbonyl (C=O) groups excluding carboxylic acids is 1. The summed E-state index contributed by atoms with van der Waals surface area (Å²) in [5.74, 6) is 1.07. The molecule has 2 aromatic rings. The molecule has 0 radical (unpaired) electrons. The maximum absolute atomic E-state index is 12.6. The van der Waals surface area contributed by atoms with Crippen molar-refractivity contribution in [1.29, 1.82) is 0 Å². The van der Waals surface area contributed by atoms with Gasteiger partial charge < -0.3 is 15.0 Å². The zero-order chi connectivity index (χ0) is 18.4. The molecule has 1 unspecified atom stereocenters. The van der Waals surface area contributed by atoms with Crippen LogP contribution in [0.3, 0.4) is 0 Å². The van der Waals surface area contributed by atoms with Crippen LogP contribution in [0.2, 0.25) is 0 Å². The smallest absolute Gasteiger partial charge is 0.228 e. The third kappa shape index (κ3) is 4.64. The van der Waals surface area contributed by atoms with Crippen LogP contribution in [0.15, 0.2) is 48.5 Å². The minimum atomic E-state index is 0.0911. The minimum absolute atomic E-state index is 0.0911. The lowest BCUT2D eigenvalue weighted by Crippen LogP contribution is -2.40. The third-order valence-electron chi connectivity index (χ3n) is 4.97. The van der Waals surface area contributed by atoms with Gasteiger partial charge in [-0.2, -0.15) is 0 Å². The van der Waals surface area contributed by atoms with Gasteiger partial charge in [-0.05, 0) is 67.7 Å². The first-order chi connectivity index (χ1) is 12.7. The molecule has 0 aliphatic carbocycles. The molecule has 2 aromatic carbocycles. The molecule has 1 fully saturated rings. The molecule has 1 aliphatic heterocycles. The Labute approximate surface area is 156 Å². The monoisotopic (exact) mass is 352 g/mol. The molecule has 1 atom stereocenters. The Morgan fingerprint density at radius 2 is 2.00 bits per heavy atom. The summed E-state index contributed by atoms with van der Waals surface area (Å²) in [5.41, 5.74) is 3.06. The van der Waals surface area contributed by atoms with Crippen molar-refractivity contribution >= 4 is 11.6 Å². The van der Waals surface area contributed by atoms with Gasteiger partial charge in [-0.3, -0.25) is 4.79 Å². The van der Waals surface area contributed by atoms with Crippen LogP contribution >= 0.6 is 0 Å². The molecule has 0 spiro atoms. The van der Waals surface area contributed by atoms with Gasteiger partial charge in [-0.25, -0.2) is 0 Å². The summed E-state index contributed by atoms with van der Waals surface area (Å²) >= 11 is 0. The van der Waals surface area contributed by atoms with Crippen LogP contribution in [-0.4, -0.2) is 37.6 Å². The van der Waals surface area contributed by atoms with Crippen molar-refractivity contribution in [1.82, 2.24) is 4.90 Å². The van der Waals surface area contributed by atoms with Crippen molar-refractivity contribution < 1.29 is 9.53 Å². The number of likely N-dealkylation sites (tertiary alicyclic amines) is 1. The van der Waals surface area contributed by atoms with Gasteiger partial charge in [-0.15, -0.1) is 0 Å². The van der Waals surface area contributed by atoms with E-state index in [0.29, 0.717) is 0 Å². The number of carbonyl (C=O) groups is 1. The lowest BCUT2D eigenvalue weighted by molar-refractivity contribution is -0.121. The second-order valence-electron chi connectivity index (χ2n) is 6.94. The maximum atomic E-state index is 12.6. The first-order valence-electron chi connectivity index (χ1n) is 9.47. The highest BCUT2D eigenvalue weighted by atomic mass is 16.5. The fourth-order valence-corrected chi connectivity index (χ4v) is 3.58. The third-order valence-corrected chi connectivity index (χ3v) is 4.97. The van der Waals surface area contributed by atoms with E-state index in [1.807, 2.05) is 42.5 Å². The second-order valence-corrected chi connectivity index (χ2v) is 6.94. The van der Waals surface area contributed by atoms with Gasteiger partial charge in [0.2, 0.25) is 5.91 Å². The number of rotatable bonds is 6. The number of ether oxygens (including phenoxy) is 1. The van der Waals surface area contributed by atoms with Crippen molar-refractivity contribution in [2.24, 2.45) is 5.92 Å². The number of benzene rings is 2. The molecular weight excluding hydrogens is 324 g/mol. The number of amides is 1. The lowest BCUT2D eigenvalue weighted by Gasteiger charge is -2.31. The summed E-state index contributed by atoms with van der Waals surface area (Å²) in [6.07, 6.45) is 3.22. The van der Waals surface area contributed by atoms with Crippen LogP contribution in [0, 0.1) is 5.92 Å². The molecule has 138 valence electrons. The first-order valence-corrected chi connectivity index (χ1v) is 9.47. The van der Waals surface area contributed by atoms with Gasteiger partial charge in [0.1, 0.15) is 5.75 Å². The zero-order valence-electron chi connectivity index (χ0n) is 15.7. The predicted octanol–water partition coefficient (Wildman–Crippen LogP) is 4.42. The molecule has 1 heterocycles. The molecular formula is C22H28N2O2. The van der Waals surface area contributed by atoms with E-state index in [4.69, 9.17) is 4.74 Å². The van der Waals surface area contributed by atoms with Gasteiger partial charge in [0.15, 0.2) is 0 Å². The van der Waals surface area contributed by atoms with Gasteiger partial charge in [0, 0.05) is 12.2 Å². The average Bonchev–Trinajstić information content (AvgIpc) is 2.69. The molecule has 0 bridgehead atoms. The Hall–Kier alpha value is -2.33. The van der Waals surface area contributed by atoms with E-state index in [1.54, 1.807) is 7.11 Å². The van der Waals surface area contributed by atoms with Crippen LogP contribution < -0.4 is 10.1 Å². The van der Waals surface area contributed by atoms with Crippen molar-refractivity contribution in [3.63, 3.8) is 0 Å². The van der Waals surface area contributed by atoms with Crippen LogP contribution in [0.25, 0.3) is 11.1 Å². The Bertz CT molecular complexity index is 725. The quantitative estimate of drug-likeness (QED) is 0.836. The zero-order valence-corrected chi connectivity index (χ0v) is 15.7. The highest BCUT2D eigenvalue weighted by Crippen LogP contribution is 2.25. The Kier molecular flexibility index (Phi) is 6.29. The molecule has 3 rings (SSSR count). The molecule has 0 aromatic heterocycles. The van der Waals surface area contributed by atoms with Crippen LogP contribution in [0.4, 0.5) is 5.69 Å². The van der Waals surface area contributed by atoms with E-state index >= 15 is 0 Å². The summed E-state index contributed by atoms with van der Waals surface area (Å²) < 4.78 is 5.28. The number of methoxy groups -OCH3 is 1. The largest absolute Gasteiger partial charge is 0.497 e. The normalized spacial score (nSPS) is 17.7. The fourth-order valence-electron chi connectivity index (χ4n) is 3.58. The summed E-state index contributed by atoms with van der Waals surface area (Å²) in [6, 6.07) is 16.0. The first kappa shape index (κ1) is 18.5. The van der Waals surface area contributed by atoms with E-state index in [0.717, 1.165) is 61.5 Å². The summed E-state index contributed by atoms with van der Waals surface area (Å²) in [5, 5.41) is 3.09. The molecule has 4 heteroatoms. The number of piperidine rings is 1. The number of nitrogens with zero attached hydrogens (tertiary/aromatic N) is 1. The van der Waals surface area contributed by atoms with Crippen molar-refractivity contribution in [3.8, 4) is 16.9 Å². The van der Waals surface area contributed by atoms with Crippen molar-refractivity contribution in [2.75, 3.05) is 32.1 Å².